The van der Waals surface area contributed by atoms with E-state index in [1.807, 2.05) is 19.9 Å². The van der Waals surface area contributed by atoms with Crippen LogP contribution in [0.15, 0.2) is 64.3 Å². The SMILES string of the molecule is CC(=O)CC1=CC(=O)N(c2ccccc2/C(=C2/N=C(C)C=C2C)c2c(C)cc(C)n2B(F)F)C1=O. The molecule has 178 valence electrons. The topological polar surface area (TPSA) is 71.7 Å². The molecule has 0 saturated carbocycles. The zero-order valence-corrected chi connectivity index (χ0v) is 20.1. The Hall–Kier alpha value is -3.88. The molecule has 0 radical (unpaired) electrons. The van der Waals surface area contributed by atoms with Gasteiger partial charge in [0.1, 0.15) is 5.78 Å². The van der Waals surface area contributed by atoms with Gasteiger partial charge in [-0.3, -0.25) is 28.0 Å². The van der Waals surface area contributed by atoms with E-state index in [1.54, 1.807) is 44.2 Å². The number of aromatic nitrogens is 1. The lowest BCUT2D eigenvalue weighted by Crippen LogP contribution is -2.32. The van der Waals surface area contributed by atoms with E-state index in [4.69, 9.17) is 0 Å². The van der Waals surface area contributed by atoms with Gasteiger partial charge in [-0.2, -0.15) is 0 Å². The maximum Gasteiger partial charge on any atom is 0.677 e. The molecule has 1 aromatic carbocycles. The fourth-order valence-electron chi connectivity index (χ4n) is 4.71. The second-order valence-corrected chi connectivity index (χ2v) is 8.81. The van der Waals surface area contributed by atoms with Gasteiger partial charge in [0.15, 0.2) is 0 Å². The van der Waals surface area contributed by atoms with Crippen LogP contribution >= 0.6 is 0 Å². The Kier molecular flexibility index (Phi) is 6.27. The molecular weight excluding hydrogens is 451 g/mol. The van der Waals surface area contributed by atoms with E-state index in [-0.39, 0.29) is 29.2 Å². The Morgan fingerprint density at radius 2 is 1.74 bits per heavy atom. The first-order chi connectivity index (χ1) is 16.5. The highest BCUT2D eigenvalue weighted by atomic mass is 19.2. The molecule has 4 rings (SSSR count). The second-order valence-electron chi connectivity index (χ2n) is 8.81. The van der Waals surface area contributed by atoms with Gasteiger partial charge in [0, 0.05) is 46.3 Å². The van der Waals surface area contributed by atoms with E-state index in [0.29, 0.717) is 28.1 Å². The predicted molar refractivity (Wildman–Crippen MR) is 132 cm³/mol. The van der Waals surface area contributed by atoms with Crippen molar-refractivity contribution in [3.8, 4) is 0 Å². The quantitative estimate of drug-likeness (QED) is 0.444. The van der Waals surface area contributed by atoms with Gasteiger partial charge in [-0.15, -0.1) is 0 Å². The van der Waals surface area contributed by atoms with E-state index in [0.717, 1.165) is 26.7 Å². The molecule has 0 N–H and O–H groups in total. The van der Waals surface area contributed by atoms with E-state index in [9.17, 15) is 23.0 Å². The highest BCUT2D eigenvalue weighted by Gasteiger charge is 2.36. The number of anilines is 1. The summed E-state index contributed by atoms with van der Waals surface area (Å²) >= 11 is 0. The standard InChI is InChI=1S/C26H24BF2N3O3/c1-14-10-16(3)30-24(14)23(25-15(2)11-17(4)32(25)27(28)29)20-8-6-7-9-21(20)31-22(34)13-19(26(31)35)12-18(5)33/h6-11,13H,12H2,1-5H3/b24-23-. The summed E-state index contributed by atoms with van der Waals surface area (Å²) in [5.74, 6) is -1.43. The lowest BCUT2D eigenvalue weighted by molar-refractivity contribution is -0.122. The second kappa shape index (κ2) is 9.05. The van der Waals surface area contributed by atoms with Gasteiger partial charge >= 0.3 is 7.40 Å². The molecule has 9 heteroatoms. The Labute approximate surface area is 202 Å². The molecule has 1 aromatic heterocycles. The summed E-state index contributed by atoms with van der Waals surface area (Å²) in [7, 11) is -2.81. The molecule has 2 aliphatic rings. The van der Waals surface area contributed by atoms with Crippen LogP contribution in [0.1, 0.15) is 49.7 Å². The molecule has 0 atom stereocenters. The van der Waals surface area contributed by atoms with Crippen LogP contribution in [-0.2, 0) is 14.4 Å². The Morgan fingerprint density at radius 3 is 2.34 bits per heavy atom. The fourth-order valence-corrected chi connectivity index (χ4v) is 4.71. The number of amides is 2. The van der Waals surface area contributed by atoms with Gasteiger partial charge in [-0.1, -0.05) is 18.2 Å². The molecule has 35 heavy (non-hydrogen) atoms. The van der Waals surface area contributed by atoms with Crippen LogP contribution < -0.4 is 4.90 Å². The Balaban J connectivity index is 2.01. The predicted octanol–water partition coefficient (Wildman–Crippen LogP) is 4.84. The minimum absolute atomic E-state index is 0.0975. The number of rotatable bonds is 6. The number of imide groups is 1. The number of carbonyl (C=O) groups is 3. The van der Waals surface area contributed by atoms with E-state index >= 15 is 0 Å². The number of benzene rings is 1. The molecule has 0 aliphatic carbocycles. The molecular formula is C26H24BF2N3O3. The summed E-state index contributed by atoms with van der Waals surface area (Å²) in [5.41, 5.74) is 4.40. The van der Waals surface area contributed by atoms with Crippen LogP contribution in [-0.4, -0.2) is 35.2 Å². The summed E-state index contributed by atoms with van der Waals surface area (Å²) in [6, 6.07) is 8.35. The average molecular weight is 475 g/mol. The molecule has 0 bridgehead atoms. The van der Waals surface area contributed by atoms with E-state index in [2.05, 4.69) is 4.99 Å². The smallest absolute Gasteiger partial charge is 0.329 e. The lowest BCUT2D eigenvalue weighted by atomic mass is 9.93. The van der Waals surface area contributed by atoms with Crippen LogP contribution in [0.3, 0.4) is 0 Å². The lowest BCUT2D eigenvalue weighted by Gasteiger charge is -2.23. The van der Waals surface area contributed by atoms with Crippen molar-refractivity contribution >= 4 is 42.0 Å². The first-order valence-corrected chi connectivity index (χ1v) is 11.1. The fraction of sp³-hybridized carbons (Fsp3) is 0.231. The number of hydrogen-bond acceptors (Lipinski definition) is 4. The molecule has 6 nitrogen and oxygen atoms in total. The third-order valence-electron chi connectivity index (χ3n) is 6.03. The summed E-state index contributed by atoms with van der Waals surface area (Å²) in [6.45, 7) is 8.35. The number of Topliss-reactive ketones (excluding diaryl/α,β-unsaturated/α-hetero) is 1. The third-order valence-corrected chi connectivity index (χ3v) is 6.03. The molecule has 3 heterocycles. The highest BCUT2D eigenvalue weighted by Crippen LogP contribution is 2.41. The van der Waals surface area contributed by atoms with Crippen LogP contribution in [0.4, 0.5) is 14.3 Å². The first-order valence-electron chi connectivity index (χ1n) is 11.1. The van der Waals surface area contributed by atoms with Crippen molar-refractivity contribution in [1.29, 1.82) is 0 Å². The highest BCUT2D eigenvalue weighted by molar-refractivity contribution is 6.41. The van der Waals surface area contributed by atoms with Crippen molar-refractivity contribution in [2.45, 2.75) is 41.0 Å². The number of nitrogens with zero attached hydrogens (tertiary/aromatic N) is 3. The zero-order chi connectivity index (χ0) is 25.6. The Bertz CT molecular complexity index is 1410. The number of carbonyl (C=O) groups excluding carboxylic acids is 3. The minimum Gasteiger partial charge on any atom is -0.329 e. The molecule has 0 unspecified atom stereocenters. The number of allylic oxidation sites excluding steroid dienone is 2. The van der Waals surface area contributed by atoms with Crippen molar-refractivity contribution in [1.82, 2.24) is 4.48 Å². The molecule has 2 aromatic rings. The number of aliphatic imine (C=N–C) groups is 1. The molecule has 0 fully saturated rings. The Morgan fingerprint density at radius 1 is 1.06 bits per heavy atom. The van der Waals surface area contributed by atoms with Crippen molar-refractivity contribution in [2.75, 3.05) is 4.90 Å². The molecule has 2 aliphatic heterocycles. The van der Waals surface area contributed by atoms with Crippen LogP contribution in [0, 0.1) is 13.8 Å². The molecule has 2 amide bonds. The number of para-hydroxylation sites is 1. The summed E-state index contributed by atoms with van der Waals surface area (Å²) in [6.07, 6.45) is 2.86. The normalized spacial score (nSPS) is 17.0. The summed E-state index contributed by atoms with van der Waals surface area (Å²) in [4.78, 5) is 43.3. The van der Waals surface area contributed by atoms with Crippen LogP contribution in [0.5, 0.6) is 0 Å². The van der Waals surface area contributed by atoms with Gasteiger partial charge in [0.05, 0.1) is 11.4 Å². The number of aryl methyl sites for hydroxylation is 2. The number of ketones is 1. The molecule has 0 spiro atoms. The first kappa shape index (κ1) is 24.3. The van der Waals surface area contributed by atoms with Gasteiger partial charge in [-0.05, 0) is 64.0 Å². The minimum atomic E-state index is -2.81. The largest absolute Gasteiger partial charge is 0.677 e. The van der Waals surface area contributed by atoms with Crippen molar-refractivity contribution in [2.24, 2.45) is 4.99 Å². The van der Waals surface area contributed by atoms with Gasteiger partial charge in [0.25, 0.3) is 11.8 Å². The molecule has 0 saturated heterocycles. The number of halogens is 2. The van der Waals surface area contributed by atoms with Crippen LogP contribution in [0.25, 0.3) is 5.57 Å². The third kappa shape index (κ3) is 4.22. The van der Waals surface area contributed by atoms with Crippen molar-refractivity contribution in [3.05, 3.63) is 81.8 Å². The summed E-state index contributed by atoms with van der Waals surface area (Å²) < 4.78 is 29.5. The summed E-state index contributed by atoms with van der Waals surface area (Å²) in [5, 5.41) is 0. The van der Waals surface area contributed by atoms with Gasteiger partial charge < -0.3 is 4.48 Å². The van der Waals surface area contributed by atoms with E-state index < -0.39 is 19.2 Å². The zero-order valence-electron chi connectivity index (χ0n) is 20.1. The van der Waals surface area contributed by atoms with Gasteiger partial charge in [-0.25, -0.2) is 4.90 Å². The maximum absolute atomic E-state index is 14.3. The van der Waals surface area contributed by atoms with Crippen molar-refractivity contribution in [3.63, 3.8) is 0 Å². The average Bonchev–Trinajstić information content (AvgIpc) is 3.35. The monoisotopic (exact) mass is 475 g/mol. The maximum atomic E-state index is 14.3. The van der Waals surface area contributed by atoms with Gasteiger partial charge in [0.2, 0.25) is 0 Å². The van der Waals surface area contributed by atoms with Crippen LogP contribution in [0.2, 0.25) is 0 Å². The van der Waals surface area contributed by atoms with E-state index in [1.165, 1.54) is 6.92 Å². The van der Waals surface area contributed by atoms with Crippen molar-refractivity contribution < 1.29 is 23.0 Å². The number of hydrogen-bond donors (Lipinski definition) is 0.